The molecule has 1 aliphatic carbocycles. The van der Waals surface area contributed by atoms with Crippen LogP contribution < -0.4 is 0 Å². The third-order valence-electron chi connectivity index (χ3n) is 4.46. The number of rotatable bonds is 4. The van der Waals surface area contributed by atoms with Crippen molar-refractivity contribution in [2.75, 3.05) is 6.61 Å². The van der Waals surface area contributed by atoms with E-state index in [0.717, 1.165) is 18.4 Å². The molecule has 0 saturated heterocycles. The summed E-state index contributed by atoms with van der Waals surface area (Å²) in [4.78, 5) is 29.6. The Labute approximate surface area is 168 Å². The lowest BCUT2D eigenvalue weighted by Gasteiger charge is -2.10. The van der Waals surface area contributed by atoms with Crippen LogP contribution in [0.1, 0.15) is 52.0 Å². The number of pyridine rings is 1. The predicted octanol–water partition coefficient (Wildman–Crippen LogP) is 4.59. The highest BCUT2D eigenvalue weighted by Gasteiger charge is 2.31. The fraction of sp³-hybridized carbons (Fsp3) is 0.263. The molecule has 0 atom stereocenters. The van der Waals surface area contributed by atoms with Gasteiger partial charge < -0.3 is 4.74 Å². The van der Waals surface area contributed by atoms with Crippen molar-refractivity contribution < 1.29 is 14.3 Å². The SMILES string of the molecule is CCOC(=O)c1cnc2c(Br)nn(C(=O)c3c(Cl)cccc3C3CC3)c2c1. The molecule has 1 aliphatic rings. The first-order chi connectivity index (χ1) is 13.0. The van der Waals surface area contributed by atoms with E-state index in [0.29, 0.717) is 32.1 Å². The van der Waals surface area contributed by atoms with E-state index in [1.54, 1.807) is 19.1 Å². The number of hydrogen-bond acceptors (Lipinski definition) is 5. The van der Waals surface area contributed by atoms with Gasteiger partial charge in [0.15, 0.2) is 4.60 Å². The molecule has 0 N–H and O–H groups in total. The summed E-state index contributed by atoms with van der Waals surface area (Å²) < 4.78 is 6.68. The van der Waals surface area contributed by atoms with Crippen molar-refractivity contribution in [3.05, 3.63) is 56.8 Å². The lowest BCUT2D eigenvalue weighted by atomic mass is 10.0. The van der Waals surface area contributed by atoms with Crippen molar-refractivity contribution in [3.63, 3.8) is 0 Å². The van der Waals surface area contributed by atoms with Gasteiger partial charge >= 0.3 is 5.97 Å². The molecule has 138 valence electrons. The van der Waals surface area contributed by atoms with E-state index in [9.17, 15) is 9.59 Å². The third kappa shape index (κ3) is 3.26. The van der Waals surface area contributed by atoms with Crippen molar-refractivity contribution in [1.82, 2.24) is 14.8 Å². The molecule has 0 radical (unpaired) electrons. The van der Waals surface area contributed by atoms with Crippen molar-refractivity contribution in [1.29, 1.82) is 0 Å². The van der Waals surface area contributed by atoms with Crippen LogP contribution in [0.3, 0.4) is 0 Å². The normalized spacial score (nSPS) is 13.7. The lowest BCUT2D eigenvalue weighted by Crippen LogP contribution is -2.16. The van der Waals surface area contributed by atoms with Gasteiger partial charge in [0.25, 0.3) is 5.91 Å². The number of nitrogens with zero attached hydrogens (tertiary/aromatic N) is 3. The Kier molecular flexibility index (Phi) is 4.74. The summed E-state index contributed by atoms with van der Waals surface area (Å²) in [6, 6.07) is 7.04. The maximum Gasteiger partial charge on any atom is 0.339 e. The monoisotopic (exact) mass is 447 g/mol. The molecule has 0 spiro atoms. The summed E-state index contributed by atoms with van der Waals surface area (Å²) in [5.74, 6) is -0.498. The third-order valence-corrected chi connectivity index (χ3v) is 5.31. The summed E-state index contributed by atoms with van der Waals surface area (Å²) in [5.41, 5.74) is 2.53. The topological polar surface area (TPSA) is 74.1 Å². The van der Waals surface area contributed by atoms with Crippen LogP contribution in [-0.2, 0) is 4.74 Å². The molecule has 3 aromatic rings. The second-order valence-corrected chi connectivity index (χ2v) is 7.46. The molecule has 1 saturated carbocycles. The number of benzene rings is 1. The maximum absolute atomic E-state index is 13.3. The second-order valence-electron chi connectivity index (χ2n) is 6.30. The Morgan fingerprint density at radius 2 is 2.15 bits per heavy atom. The van der Waals surface area contributed by atoms with Crippen LogP contribution in [0.4, 0.5) is 0 Å². The van der Waals surface area contributed by atoms with E-state index >= 15 is 0 Å². The van der Waals surface area contributed by atoms with Gasteiger partial charge in [0.1, 0.15) is 5.52 Å². The van der Waals surface area contributed by atoms with Gasteiger partial charge in [-0.05, 0) is 59.3 Å². The Balaban J connectivity index is 1.85. The van der Waals surface area contributed by atoms with E-state index < -0.39 is 5.97 Å². The maximum atomic E-state index is 13.3. The van der Waals surface area contributed by atoms with Crippen LogP contribution in [0.5, 0.6) is 0 Å². The van der Waals surface area contributed by atoms with Crippen LogP contribution in [-0.4, -0.2) is 33.2 Å². The van der Waals surface area contributed by atoms with E-state index in [-0.39, 0.29) is 18.1 Å². The predicted molar refractivity (Wildman–Crippen MR) is 104 cm³/mol. The molecule has 27 heavy (non-hydrogen) atoms. The van der Waals surface area contributed by atoms with E-state index in [1.807, 2.05) is 12.1 Å². The molecule has 0 unspecified atom stereocenters. The lowest BCUT2D eigenvalue weighted by molar-refractivity contribution is 0.0525. The minimum Gasteiger partial charge on any atom is -0.462 e. The summed E-state index contributed by atoms with van der Waals surface area (Å²) in [7, 11) is 0. The number of hydrogen-bond donors (Lipinski definition) is 0. The Hall–Kier alpha value is -2.25. The van der Waals surface area contributed by atoms with Gasteiger partial charge in [-0.15, -0.1) is 0 Å². The number of fused-ring (bicyclic) bond motifs is 1. The number of aromatic nitrogens is 3. The molecule has 1 aromatic carbocycles. The van der Waals surface area contributed by atoms with Crippen LogP contribution in [0.25, 0.3) is 11.0 Å². The molecular formula is C19H15BrClN3O3. The average molecular weight is 449 g/mol. The van der Waals surface area contributed by atoms with Crippen LogP contribution in [0.2, 0.25) is 5.02 Å². The molecule has 6 nitrogen and oxygen atoms in total. The van der Waals surface area contributed by atoms with Crippen molar-refractivity contribution in [3.8, 4) is 0 Å². The largest absolute Gasteiger partial charge is 0.462 e. The van der Waals surface area contributed by atoms with Crippen molar-refractivity contribution in [2.24, 2.45) is 0 Å². The number of ether oxygens (including phenoxy) is 1. The van der Waals surface area contributed by atoms with Gasteiger partial charge in [-0.2, -0.15) is 9.78 Å². The Bertz CT molecular complexity index is 1080. The highest BCUT2D eigenvalue weighted by Crippen LogP contribution is 2.43. The molecule has 4 rings (SSSR count). The van der Waals surface area contributed by atoms with Crippen LogP contribution in [0.15, 0.2) is 35.1 Å². The zero-order valence-corrected chi connectivity index (χ0v) is 16.7. The van der Waals surface area contributed by atoms with Gasteiger partial charge in [0.2, 0.25) is 0 Å². The van der Waals surface area contributed by atoms with Gasteiger partial charge in [-0.3, -0.25) is 9.78 Å². The zero-order valence-electron chi connectivity index (χ0n) is 14.4. The standard InChI is InChI=1S/C19H15BrClN3O3/c1-2-27-19(26)11-8-14-16(22-9-11)17(20)23-24(14)18(25)15-12(10-6-7-10)4-3-5-13(15)21/h3-5,8-10H,2,6-7H2,1H3. The number of carbonyl (C=O) groups is 2. The first-order valence-electron chi connectivity index (χ1n) is 8.55. The molecular weight excluding hydrogens is 434 g/mol. The van der Waals surface area contributed by atoms with Gasteiger partial charge in [-0.1, -0.05) is 23.7 Å². The quantitative estimate of drug-likeness (QED) is 0.546. The van der Waals surface area contributed by atoms with Crippen molar-refractivity contribution in [2.45, 2.75) is 25.7 Å². The van der Waals surface area contributed by atoms with E-state index in [1.165, 1.54) is 10.9 Å². The second kappa shape index (κ2) is 7.05. The molecule has 0 amide bonds. The molecule has 0 aliphatic heterocycles. The Morgan fingerprint density at radius 1 is 1.37 bits per heavy atom. The minimum atomic E-state index is -0.500. The van der Waals surface area contributed by atoms with E-state index in [4.69, 9.17) is 16.3 Å². The molecule has 0 bridgehead atoms. The molecule has 2 aromatic heterocycles. The minimum absolute atomic E-state index is 0.253. The van der Waals surface area contributed by atoms with Gasteiger partial charge in [0, 0.05) is 6.20 Å². The highest BCUT2D eigenvalue weighted by molar-refractivity contribution is 9.10. The van der Waals surface area contributed by atoms with Crippen LogP contribution in [0, 0.1) is 0 Å². The molecule has 8 heteroatoms. The number of halogens is 2. The molecule has 2 heterocycles. The average Bonchev–Trinajstić information content (AvgIpc) is 3.45. The van der Waals surface area contributed by atoms with Gasteiger partial charge in [-0.25, -0.2) is 4.79 Å². The summed E-state index contributed by atoms with van der Waals surface area (Å²) in [5, 5.41) is 4.67. The smallest absolute Gasteiger partial charge is 0.339 e. The fourth-order valence-electron chi connectivity index (χ4n) is 3.05. The number of esters is 1. The summed E-state index contributed by atoms with van der Waals surface area (Å²) in [6.45, 7) is 1.98. The molecule has 1 fully saturated rings. The van der Waals surface area contributed by atoms with E-state index in [2.05, 4.69) is 26.0 Å². The van der Waals surface area contributed by atoms with Crippen molar-refractivity contribution >= 4 is 50.4 Å². The zero-order chi connectivity index (χ0) is 19.1. The first kappa shape index (κ1) is 18.1. The van der Waals surface area contributed by atoms with Crippen LogP contribution >= 0.6 is 27.5 Å². The summed E-state index contributed by atoms with van der Waals surface area (Å²) in [6.07, 6.45) is 3.49. The van der Waals surface area contributed by atoms with Gasteiger partial charge in [0.05, 0.1) is 28.3 Å². The fourth-order valence-corrected chi connectivity index (χ4v) is 3.78. The highest BCUT2D eigenvalue weighted by atomic mass is 79.9. The summed E-state index contributed by atoms with van der Waals surface area (Å²) >= 11 is 9.70. The Morgan fingerprint density at radius 3 is 2.85 bits per heavy atom. The number of carbonyl (C=O) groups excluding carboxylic acids is 2. The first-order valence-corrected chi connectivity index (χ1v) is 9.72.